The molecule has 2 heterocycles. The third-order valence-electron chi connectivity index (χ3n) is 4.70. The second-order valence-electron chi connectivity index (χ2n) is 6.72. The molecule has 2 N–H and O–H groups in total. The highest BCUT2D eigenvalue weighted by Gasteiger charge is 2.19. The molecule has 1 aromatic rings. The summed E-state index contributed by atoms with van der Waals surface area (Å²) >= 11 is 0. The minimum Gasteiger partial charge on any atom is -0.393 e. The van der Waals surface area contributed by atoms with Crippen LogP contribution in [0, 0.1) is 5.92 Å². The molecule has 1 saturated heterocycles. The van der Waals surface area contributed by atoms with Gasteiger partial charge in [0.25, 0.3) is 0 Å². The van der Waals surface area contributed by atoms with Crippen molar-refractivity contribution in [1.29, 1.82) is 0 Å². The number of nitrogens with zero attached hydrogens (tertiary/aromatic N) is 3. The summed E-state index contributed by atoms with van der Waals surface area (Å²) in [4.78, 5) is 20.1. The van der Waals surface area contributed by atoms with Crippen molar-refractivity contribution in [2.45, 2.75) is 38.7 Å². The lowest BCUT2D eigenvalue weighted by molar-refractivity contribution is 0.163. The number of aliphatic hydroxyl groups is 1. The number of nitrogens with one attached hydrogen (secondary N) is 1. The highest BCUT2D eigenvalue weighted by Crippen LogP contribution is 2.24. The molecule has 0 saturated carbocycles. The first-order valence-corrected chi connectivity index (χ1v) is 8.88. The third kappa shape index (κ3) is 6.00. The van der Waals surface area contributed by atoms with Crippen molar-refractivity contribution in [3.63, 3.8) is 0 Å². The SMILES string of the molecule is CC(O)CCN(C)C(=O)NCCC1CCN(c2ccncc2)CC1. The fourth-order valence-electron chi connectivity index (χ4n) is 3.03. The number of aromatic nitrogens is 1. The predicted octanol–water partition coefficient (Wildman–Crippen LogP) is 2.10. The Hall–Kier alpha value is -1.82. The van der Waals surface area contributed by atoms with Gasteiger partial charge in [0.1, 0.15) is 0 Å². The summed E-state index contributed by atoms with van der Waals surface area (Å²) in [6, 6.07) is 4.07. The second-order valence-corrected chi connectivity index (χ2v) is 6.72. The quantitative estimate of drug-likeness (QED) is 0.801. The van der Waals surface area contributed by atoms with Crippen molar-refractivity contribution in [1.82, 2.24) is 15.2 Å². The van der Waals surface area contributed by atoms with Gasteiger partial charge in [-0.2, -0.15) is 0 Å². The molecule has 2 rings (SSSR count). The van der Waals surface area contributed by atoms with Gasteiger partial charge in [0.15, 0.2) is 0 Å². The van der Waals surface area contributed by atoms with Gasteiger partial charge >= 0.3 is 6.03 Å². The van der Waals surface area contributed by atoms with Crippen LogP contribution in [0.15, 0.2) is 24.5 Å². The Bertz CT molecular complexity index is 487. The fourth-order valence-corrected chi connectivity index (χ4v) is 3.03. The molecule has 24 heavy (non-hydrogen) atoms. The summed E-state index contributed by atoms with van der Waals surface area (Å²) in [5, 5.41) is 12.2. The van der Waals surface area contributed by atoms with Gasteiger partial charge < -0.3 is 20.2 Å². The lowest BCUT2D eigenvalue weighted by atomic mass is 9.93. The van der Waals surface area contributed by atoms with Crippen molar-refractivity contribution < 1.29 is 9.90 Å². The monoisotopic (exact) mass is 334 g/mol. The average Bonchev–Trinajstić information content (AvgIpc) is 2.61. The molecule has 134 valence electrons. The highest BCUT2D eigenvalue weighted by atomic mass is 16.3. The number of hydrogen-bond donors (Lipinski definition) is 2. The van der Waals surface area contributed by atoms with Crippen molar-refractivity contribution >= 4 is 11.7 Å². The lowest BCUT2D eigenvalue weighted by Crippen LogP contribution is -2.40. The van der Waals surface area contributed by atoms with Crippen LogP contribution in [0.1, 0.15) is 32.6 Å². The van der Waals surface area contributed by atoms with Gasteiger partial charge in [-0.3, -0.25) is 4.98 Å². The molecule has 6 heteroatoms. The van der Waals surface area contributed by atoms with Gasteiger partial charge in [0, 0.05) is 51.3 Å². The number of aliphatic hydroxyl groups excluding tert-OH is 1. The number of carbonyl (C=O) groups excluding carboxylic acids is 1. The minimum absolute atomic E-state index is 0.0510. The molecule has 0 spiro atoms. The first kappa shape index (κ1) is 18.5. The zero-order valence-corrected chi connectivity index (χ0v) is 14.8. The number of piperidine rings is 1. The Morgan fingerprint density at radius 1 is 1.42 bits per heavy atom. The van der Waals surface area contributed by atoms with Crippen LogP contribution in [-0.2, 0) is 0 Å². The van der Waals surface area contributed by atoms with Crippen LogP contribution < -0.4 is 10.2 Å². The zero-order valence-electron chi connectivity index (χ0n) is 14.8. The van der Waals surface area contributed by atoms with E-state index in [1.54, 1.807) is 18.9 Å². The number of pyridine rings is 1. The summed E-state index contributed by atoms with van der Waals surface area (Å²) in [6.45, 7) is 5.17. The van der Waals surface area contributed by atoms with Gasteiger partial charge in [-0.1, -0.05) is 0 Å². The van der Waals surface area contributed by atoms with Crippen LogP contribution in [0.2, 0.25) is 0 Å². The average molecular weight is 334 g/mol. The maximum absolute atomic E-state index is 12.0. The van der Waals surface area contributed by atoms with E-state index < -0.39 is 0 Å². The van der Waals surface area contributed by atoms with E-state index in [2.05, 4.69) is 27.3 Å². The molecular formula is C18H30N4O2. The van der Waals surface area contributed by atoms with E-state index in [1.807, 2.05) is 12.4 Å². The molecule has 1 aliphatic rings. The number of rotatable bonds is 7. The van der Waals surface area contributed by atoms with E-state index in [-0.39, 0.29) is 12.1 Å². The maximum atomic E-state index is 12.0. The molecular weight excluding hydrogens is 304 g/mol. The number of urea groups is 1. The first-order valence-electron chi connectivity index (χ1n) is 8.88. The van der Waals surface area contributed by atoms with Crippen LogP contribution in [0.3, 0.4) is 0 Å². The number of hydrogen-bond acceptors (Lipinski definition) is 4. The van der Waals surface area contributed by atoms with Crippen molar-refractivity contribution in [3.8, 4) is 0 Å². The molecule has 1 fully saturated rings. The Balaban J connectivity index is 1.61. The Morgan fingerprint density at radius 3 is 2.71 bits per heavy atom. The molecule has 0 aromatic carbocycles. The summed E-state index contributed by atoms with van der Waals surface area (Å²) < 4.78 is 0. The molecule has 1 unspecified atom stereocenters. The van der Waals surface area contributed by atoms with Crippen LogP contribution >= 0.6 is 0 Å². The highest BCUT2D eigenvalue weighted by molar-refractivity contribution is 5.73. The third-order valence-corrected chi connectivity index (χ3v) is 4.70. The van der Waals surface area contributed by atoms with E-state index in [9.17, 15) is 9.90 Å². The van der Waals surface area contributed by atoms with Gasteiger partial charge in [0.2, 0.25) is 0 Å². The second kappa shape index (κ2) is 9.47. The minimum atomic E-state index is -0.370. The standard InChI is InChI=1S/C18H30N4O2/c1-15(23)6-12-21(2)18(24)20-11-3-16-7-13-22(14-8-16)17-4-9-19-10-5-17/h4-5,9-10,15-16,23H,3,6-8,11-14H2,1-2H3,(H,20,24). The van der Waals surface area contributed by atoms with E-state index >= 15 is 0 Å². The van der Waals surface area contributed by atoms with Crippen molar-refractivity contribution in [3.05, 3.63) is 24.5 Å². The van der Waals surface area contributed by atoms with Gasteiger partial charge in [-0.15, -0.1) is 0 Å². The Labute approximate surface area is 144 Å². The summed E-state index contributed by atoms with van der Waals surface area (Å²) in [5.41, 5.74) is 1.25. The Kier molecular flexibility index (Phi) is 7.31. The molecule has 1 aromatic heterocycles. The molecule has 1 atom stereocenters. The number of carbonyl (C=O) groups is 1. The normalized spacial score (nSPS) is 16.7. The van der Waals surface area contributed by atoms with Crippen LogP contribution in [0.5, 0.6) is 0 Å². The molecule has 0 bridgehead atoms. The molecule has 1 aliphatic heterocycles. The molecule has 0 aliphatic carbocycles. The number of amides is 2. The summed E-state index contributed by atoms with van der Waals surface area (Å²) in [7, 11) is 1.77. The largest absolute Gasteiger partial charge is 0.393 e. The first-order chi connectivity index (χ1) is 11.6. The van der Waals surface area contributed by atoms with E-state index in [0.29, 0.717) is 18.9 Å². The van der Waals surface area contributed by atoms with E-state index in [4.69, 9.17) is 0 Å². The van der Waals surface area contributed by atoms with Crippen LogP contribution in [0.4, 0.5) is 10.5 Å². The zero-order chi connectivity index (χ0) is 17.4. The summed E-state index contributed by atoms with van der Waals surface area (Å²) in [6.07, 6.45) is 7.27. The van der Waals surface area contributed by atoms with E-state index in [1.165, 1.54) is 5.69 Å². The van der Waals surface area contributed by atoms with Crippen LogP contribution in [0.25, 0.3) is 0 Å². The molecule has 2 amide bonds. The van der Waals surface area contributed by atoms with Gasteiger partial charge in [-0.05, 0) is 50.7 Å². The maximum Gasteiger partial charge on any atom is 0.317 e. The fraction of sp³-hybridized carbons (Fsp3) is 0.667. The number of anilines is 1. The lowest BCUT2D eigenvalue weighted by Gasteiger charge is -2.33. The molecule has 6 nitrogen and oxygen atoms in total. The van der Waals surface area contributed by atoms with E-state index in [0.717, 1.165) is 38.9 Å². The Morgan fingerprint density at radius 2 is 2.08 bits per heavy atom. The van der Waals surface area contributed by atoms with Crippen molar-refractivity contribution in [2.75, 3.05) is 38.1 Å². The van der Waals surface area contributed by atoms with Crippen molar-refractivity contribution in [2.24, 2.45) is 5.92 Å². The smallest absolute Gasteiger partial charge is 0.317 e. The molecule has 0 radical (unpaired) electrons. The summed E-state index contributed by atoms with van der Waals surface area (Å²) in [5.74, 6) is 0.672. The van der Waals surface area contributed by atoms with Gasteiger partial charge in [-0.25, -0.2) is 4.79 Å². The van der Waals surface area contributed by atoms with Gasteiger partial charge in [0.05, 0.1) is 6.10 Å². The predicted molar refractivity (Wildman–Crippen MR) is 96.1 cm³/mol. The topological polar surface area (TPSA) is 68.7 Å². The van der Waals surface area contributed by atoms with Crippen LogP contribution in [-0.4, -0.2) is 60.4 Å².